The fourth-order valence-electron chi connectivity index (χ4n) is 3.60. The molecule has 0 N–H and O–H groups in total. The van der Waals surface area contributed by atoms with Crippen LogP contribution in [0, 0.1) is 0 Å². The maximum atomic E-state index is 14.6. The van der Waals surface area contributed by atoms with E-state index in [2.05, 4.69) is 18.9 Å². The molecule has 0 bridgehead atoms. The predicted molar refractivity (Wildman–Crippen MR) is 131 cm³/mol. The molecule has 0 saturated heterocycles. The molecule has 10 nitrogen and oxygen atoms in total. The van der Waals surface area contributed by atoms with Crippen molar-refractivity contribution in [3.05, 3.63) is 121 Å². The van der Waals surface area contributed by atoms with Gasteiger partial charge in [-0.2, -0.15) is 0 Å². The van der Waals surface area contributed by atoms with Gasteiger partial charge in [0.2, 0.25) is 0 Å². The molecule has 198 valence electrons. The molecular formula is C25H22MoO10P2. The molecule has 6 aromatic rings. The van der Waals surface area contributed by atoms with E-state index in [-0.39, 0.29) is 27.0 Å². The van der Waals surface area contributed by atoms with E-state index >= 15 is 0 Å². The molecule has 0 atom stereocenters. The van der Waals surface area contributed by atoms with Crippen LogP contribution in [0.25, 0.3) is 0 Å². The molecule has 0 radical (unpaired) electrons. The fraction of sp³-hybridized carbons (Fsp3) is 0.0400. The molecule has 0 spiro atoms. The zero-order valence-corrected chi connectivity index (χ0v) is 23.4. The summed E-state index contributed by atoms with van der Waals surface area (Å²) in [5, 5.41) is 20.8. The van der Waals surface area contributed by atoms with Crippen molar-refractivity contribution in [1.82, 2.24) is 0 Å². The Kier molecular flexibility index (Phi) is 10.1. The smallest absolute Gasteiger partial charge is 0.302 e. The molecule has 0 aliphatic heterocycles. The van der Waals surface area contributed by atoms with Gasteiger partial charge in [0.05, 0.1) is 5.90 Å². The molecular weight excluding hydrogens is 618 g/mol. The Morgan fingerprint density at radius 2 is 0.658 bits per heavy atom. The summed E-state index contributed by atoms with van der Waals surface area (Å²) in [5.74, 6) is 0.0854. The SMILES string of the molecule is O=P(CP(=O)(c1ccccc1)c1ccccc1)(c1ccccc1)c1ccccc1.[Mo].[O-][o+]1oo1.[O-][o+]1oo1. The van der Waals surface area contributed by atoms with Gasteiger partial charge in [0.1, 0.15) is 0 Å². The molecule has 0 saturated carbocycles. The Morgan fingerprint density at radius 1 is 0.474 bits per heavy atom. The number of rotatable bonds is 6. The quantitative estimate of drug-likeness (QED) is 0.117. The van der Waals surface area contributed by atoms with E-state index in [4.69, 9.17) is 10.5 Å². The van der Waals surface area contributed by atoms with Crippen LogP contribution in [0.5, 0.6) is 0 Å². The van der Waals surface area contributed by atoms with Crippen LogP contribution in [-0.2, 0) is 30.2 Å². The van der Waals surface area contributed by atoms with Crippen LogP contribution in [0.1, 0.15) is 0 Å². The summed E-state index contributed by atoms with van der Waals surface area (Å²) in [5.41, 5.74) is 0. The van der Waals surface area contributed by atoms with Gasteiger partial charge in [0.15, 0.2) is 23.3 Å². The molecule has 6 rings (SSSR count). The van der Waals surface area contributed by atoms with Crippen molar-refractivity contribution in [2.24, 2.45) is 0 Å². The predicted octanol–water partition coefficient (Wildman–Crippen LogP) is 3.52. The number of hydrogen-bond donors (Lipinski definition) is 0. The molecule has 4 aromatic carbocycles. The summed E-state index contributed by atoms with van der Waals surface area (Å²) >= 11 is 0. The molecule has 0 aliphatic carbocycles. The van der Waals surface area contributed by atoms with Crippen molar-refractivity contribution in [3.8, 4) is 0 Å². The van der Waals surface area contributed by atoms with Crippen molar-refractivity contribution >= 4 is 35.5 Å². The molecule has 13 heteroatoms. The largest absolute Gasteiger partial charge is 0.313 e. The Balaban J connectivity index is 0.000000379. The van der Waals surface area contributed by atoms with Gasteiger partial charge in [-0.3, -0.25) is 0 Å². The zero-order chi connectivity index (χ0) is 26.1. The third-order valence-corrected chi connectivity index (χ3v) is 13.1. The van der Waals surface area contributed by atoms with Crippen molar-refractivity contribution in [1.29, 1.82) is 0 Å². The second-order valence-electron chi connectivity index (χ2n) is 7.64. The molecule has 2 heterocycles. The second-order valence-corrected chi connectivity index (χ2v) is 13.8. The van der Waals surface area contributed by atoms with Crippen molar-refractivity contribution < 1.29 is 68.7 Å². The van der Waals surface area contributed by atoms with Gasteiger partial charge in [-0.15, -0.1) is 10.5 Å². The maximum absolute atomic E-state index is 14.6. The average molecular weight is 640 g/mol. The van der Waals surface area contributed by atoms with Crippen LogP contribution in [0.4, 0.5) is 0 Å². The monoisotopic (exact) mass is 642 g/mol. The summed E-state index contributed by atoms with van der Waals surface area (Å²) in [7, 11) is -6.28. The van der Waals surface area contributed by atoms with Gasteiger partial charge in [-0.25, -0.2) is 0 Å². The third kappa shape index (κ3) is 7.72. The molecule has 0 unspecified atom stereocenters. The van der Waals surface area contributed by atoms with Crippen LogP contribution >= 0.6 is 14.3 Å². The first-order chi connectivity index (χ1) is 17.9. The standard InChI is InChI=1S/C25H22O2P2.Mo.2O4/c26-28(22-13-5-1-6-14-22,23-15-7-2-8-16-23)21-29(27,24-17-9-3-10-18-24)25-19-11-4-12-20-25;;2*1-4-2-3-4/h1-20H,21H2;;;. The van der Waals surface area contributed by atoms with E-state index in [1.165, 1.54) is 0 Å². The van der Waals surface area contributed by atoms with E-state index in [0.29, 0.717) is 9.03 Å². The van der Waals surface area contributed by atoms with Gasteiger partial charge in [-0.05, 0) is 0 Å². The number of hydrogen-bond acceptors (Lipinski definition) is 8. The van der Waals surface area contributed by atoms with E-state index < -0.39 is 14.3 Å². The van der Waals surface area contributed by atoms with Crippen LogP contribution in [0.15, 0.2) is 149 Å². The van der Waals surface area contributed by atoms with Gasteiger partial charge < -0.3 is 9.13 Å². The fourth-order valence-corrected chi connectivity index (χ4v) is 11.7. The first-order valence-corrected chi connectivity index (χ1v) is 14.7. The average Bonchev–Trinajstić information content (AvgIpc) is 3.91. The van der Waals surface area contributed by atoms with Gasteiger partial charge in [0.25, 0.3) is 0 Å². The van der Waals surface area contributed by atoms with Crippen LogP contribution in [0.3, 0.4) is 0 Å². The Bertz CT molecular complexity index is 1310. The summed E-state index contributed by atoms with van der Waals surface area (Å²) in [6.07, 6.45) is 0. The second kappa shape index (κ2) is 13.3. The van der Waals surface area contributed by atoms with Crippen molar-refractivity contribution in [2.75, 3.05) is 5.90 Å². The van der Waals surface area contributed by atoms with Gasteiger partial charge in [-0.1, -0.05) is 121 Å². The summed E-state index contributed by atoms with van der Waals surface area (Å²) < 4.78 is 44.0. The minimum Gasteiger partial charge on any atom is -0.313 e. The summed E-state index contributed by atoms with van der Waals surface area (Å²) in [4.78, 5) is 0. The van der Waals surface area contributed by atoms with E-state index in [1.54, 1.807) is 0 Å². The Labute approximate surface area is 230 Å². The van der Waals surface area contributed by atoms with E-state index in [0.717, 1.165) is 21.2 Å². The van der Waals surface area contributed by atoms with E-state index in [1.807, 2.05) is 121 Å². The minimum absolute atomic E-state index is 0. The molecule has 0 fully saturated rings. The first kappa shape index (κ1) is 29.0. The van der Waals surface area contributed by atoms with Crippen LogP contribution in [0.2, 0.25) is 0 Å². The topological polar surface area (TPSA) is 138 Å². The van der Waals surface area contributed by atoms with Crippen molar-refractivity contribution in [3.63, 3.8) is 0 Å². The molecule has 2 aromatic heterocycles. The Hall–Kier alpha value is -3.57. The van der Waals surface area contributed by atoms with Gasteiger partial charge in [0, 0.05) is 42.3 Å². The Morgan fingerprint density at radius 3 is 0.816 bits per heavy atom. The maximum Gasteiger partial charge on any atom is 0.302 e. The first-order valence-electron chi connectivity index (χ1n) is 10.9. The summed E-state index contributed by atoms with van der Waals surface area (Å²) in [6.45, 7) is 0. The van der Waals surface area contributed by atoms with Crippen LogP contribution in [-0.4, -0.2) is 5.90 Å². The third-order valence-electron chi connectivity index (χ3n) is 5.34. The summed E-state index contributed by atoms with van der Waals surface area (Å²) in [6, 6.07) is 37.8. The zero-order valence-electron chi connectivity index (χ0n) is 19.6. The number of benzene rings is 4. The molecule has 0 amide bonds. The van der Waals surface area contributed by atoms with Gasteiger partial charge >= 0.3 is 18.9 Å². The minimum atomic E-state index is -3.14. The van der Waals surface area contributed by atoms with Crippen LogP contribution < -0.4 is 31.7 Å². The van der Waals surface area contributed by atoms with E-state index in [9.17, 15) is 9.13 Å². The molecule has 0 aliphatic rings. The normalized spacial score (nSPS) is 10.9. The molecule has 38 heavy (non-hydrogen) atoms. The van der Waals surface area contributed by atoms with Crippen molar-refractivity contribution in [2.45, 2.75) is 0 Å².